The molecule has 2 aromatic rings. The number of nitrogens with zero attached hydrogens (tertiary/aromatic N) is 2. The van der Waals surface area contributed by atoms with Crippen LogP contribution in [-0.4, -0.2) is 21.0 Å². The van der Waals surface area contributed by atoms with Gasteiger partial charge in [-0.1, -0.05) is 6.07 Å². The van der Waals surface area contributed by atoms with Gasteiger partial charge in [0.2, 0.25) is 0 Å². The van der Waals surface area contributed by atoms with Crippen LogP contribution in [0, 0.1) is 6.92 Å². The van der Waals surface area contributed by atoms with Gasteiger partial charge in [0.1, 0.15) is 0 Å². The van der Waals surface area contributed by atoms with Crippen LogP contribution >= 0.6 is 23.1 Å². The fraction of sp³-hybridized carbons (Fsp3) is 0.100. The highest BCUT2D eigenvalue weighted by Crippen LogP contribution is 2.28. The molecule has 2 rings (SSSR count). The summed E-state index contributed by atoms with van der Waals surface area (Å²) in [7, 11) is 0. The van der Waals surface area contributed by atoms with Crippen LogP contribution in [0.15, 0.2) is 32.9 Å². The lowest BCUT2D eigenvalue weighted by Gasteiger charge is -2.00. The summed E-state index contributed by atoms with van der Waals surface area (Å²) in [5.41, 5.74) is 0.693. The zero-order chi connectivity index (χ0) is 11.5. The first-order valence-electron chi connectivity index (χ1n) is 4.45. The summed E-state index contributed by atoms with van der Waals surface area (Å²) in [5.74, 6) is -1.03. The van der Waals surface area contributed by atoms with Crippen LogP contribution in [0.2, 0.25) is 0 Å². The molecule has 0 spiro atoms. The smallest absolute Gasteiger partial charge is 0.354 e. The molecule has 0 radical (unpaired) electrons. The van der Waals surface area contributed by atoms with E-state index >= 15 is 0 Å². The maximum Gasteiger partial charge on any atom is 0.354 e. The zero-order valence-corrected chi connectivity index (χ0v) is 10.0. The first-order chi connectivity index (χ1) is 7.65. The van der Waals surface area contributed by atoms with Crippen LogP contribution < -0.4 is 0 Å². The number of carboxylic acids is 1. The van der Waals surface area contributed by atoms with Gasteiger partial charge >= 0.3 is 5.97 Å². The van der Waals surface area contributed by atoms with E-state index in [9.17, 15) is 4.79 Å². The van der Waals surface area contributed by atoms with E-state index in [4.69, 9.17) is 5.11 Å². The highest BCUT2D eigenvalue weighted by atomic mass is 32.2. The lowest BCUT2D eigenvalue weighted by Crippen LogP contribution is -2.03. The molecule has 6 heteroatoms. The lowest BCUT2D eigenvalue weighted by molar-refractivity contribution is 0.0689. The number of aromatic carboxylic acids is 1. The second kappa shape index (κ2) is 4.63. The summed E-state index contributed by atoms with van der Waals surface area (Å²) >= 11 is 2.95. The minimum absolute atomic E-state index is 0.0338. The summed E-state index contributed by atoms with van der Waals surface area (Å²) in [6, 6.07) is 5.34. The molecule has 16 heavy (non-hydrogen) atoms. The molecule has 1 N–H and O–H groups in total. The van der Waals surface area contributed by atoms with Gasteiger partial charge in [-0.25, -0.2) is 14.8 Å². The standard InChI is InChI=1S/C10H8N2O2S2/c1-6-5-7(9(13)14)12-10(11-6)16-8-3-2-4-15-8/h2-5H,1H3,(H,13,14). The fourth-order valence-electron chi connectivity index (χ4n) is 1.11. The van der Waals surface area contributed by atoms with E-state index < -0.39 is 5.97 Å². The predicted octanol–water partition coefficient (Wildman–Crippen LogP) is 2.70. The molecule has 0 fully saturated rings. The maximum absolute atomic E-state index is 10.8. The molecule has 0 aliphatic rings. The van der Waals surface area contributed by atoms with E-state index in [1.54, 1.807) is 18.3 Å². The van der Waals surface area contributed by atoms with Crippen LogP contribution in [0.3, 0.4) is 0 Å². The normalized spacial score (nSPS) is 10.3. The second-order valence-electron chi connectivity index (χ2n) is 3.02. The summed E-state index contributed by atoms with van der Waals surface area (Å²) in [6.07, 6.45) is 0. The van der Waals surface area contributed by atoms with E-state index in [0.29, 0.717) is 10.9 Å². The maximum atomic E-state index is 10.8. The minimum Gasteiger partial charge on any atom is -0.477 e. The van der Waals surface area contributed by atoms with Crippen molar-refractivity contribution in [1.82, 2.24) is 9.97 Å². The number of hydrogen-bond acceptors (Lipinski definition) is 5. The Labute approximate surface area is 100 Å². The third kappa shape index (κ3) is 2.59. The average Bonchev–Trinajstić information content (AvgIpc) is 2.69. The van der Waals surface area contributed by atoms with Crippen LogP contribution in [0.4, 0.5) is 0 Å². The van der Waals surface area contributed by atoms with Crippen LogP contribution in [-0.2, 0) is 0 Å². The number of aryl methyl sites for hydroxylation is 1. The number of carbonyl (C=O) groups is 1. The molecule has 0 aliphatic heterocycles. The molecule has 0 saturated carbocycles. The van der Waals surface area contributed by atoms with E-state index in [0.717, 1.165) is 4.21 Å². The molecular weight excluding hydrogens is 244 g/mol. The quantitative estimate of drug-likeness (QED) is 0.851. The van der Waals surface area contributed by atoms with Gasteiger partial charge in [0, 0.05) is 5.69 Å². The Bertz CT molecular complexity index is 512. The topological polar surface area (TPSA) is 63.1 Å². The lowest BCUT2D eigenvalue weighted by atomic mass is 10.3. The van der Waals surface area contributed by atoms with Crippen LogP contribution in [0.1, 0.15) is 16.2 Å². The Morgan fingerprint density at radius 3 is 2.94 bits per heavy atom. The zero-order valence-electron chi connectivity index (χ0n) is 8.38. The predicted molar refractivity (Wildman–Crippen MR) is 62.2 cm³/mol. The minimum atomic E-state index is -1.03. The number of hydrogen-bond donors (Lipinski definition) is 1. The number of aromatic nitrogens is 2. The van der Waals surface area contributed by atoms with E-state index in [2.05, 4.69) is 9.97 Å². The van der Waals surface area contributed by atoms with Gasteiger partial charge in [-0.2, -0.15) is 0 Å². The van der Waals surface area contributed by atoms with E-state index in [1.165, 1.54) is 17.8 Å². The Balaban J connectivity index is 2.31. The average molecular weight is 252 g/mol. The van der Waals surface area contributed by atoms with Crippen molar-refractivity contribution >= 4 is 29.1 Å². The third-order valence-electron chi connectivity index (χ3n) is 1.74. The molecule has 0 saturated heterocycles. The fourth-order valence-corrected chi connectivity index (χ4v) is 2.80. The van der Waals surface area contributed by atoms with Crippen LogP contribution in [0.25, 0.3) is 0 Å². The van der Waals surface area contributed by atoms with Crippen molar-refractivity contribution in [3.8, 4) is 0 Å². The van der Waals surface area contributed by atoms with Crippen molar-refractivity contribution in [2.45, 2.75) is 16.3 Å². The Hall–Kier alpha value is -1.40. The first-order valence-corrected chi connectivity index (χ1v) is 6.15. The molecule has 0 amide bonds. The summed E-state index contributed by atoms with van der Waals surface area (Å²) in [6.45, 7) is 1.76. The summed E-state index contributed by atoms with van der Waals surface area (Å²) < 4.78 is 1.04. The Morgan fingerprint density at radius 1 is 1.50 bits per heavy atom. The summed E-state index contributed by atoms with van der Waals surface area (Å²) in [4.78, 5) is 19.0. The first kappa shape index (κ1) is 11.1. The largest absolute Gasteiger partial charge is 0.477 e. The molecule has 0 bridgehead atoms. The molecular formula is C10H8N2O2S2. The van der Waals surface area contributed by atoms with Gasteiger partial charge in [-0.15, -0.1) is 11.3 Å². The molecule has 82 valence electrons. The molecule has 2 heterocycles. The van der Waals surface area contributed by atoms with Gasteiger partial charge in [-0.3, -0.25) is 0 Å². The number of carboxylic acid groups (broad SMARTS) is 1. The molecule has 0 aliphatic carbocycles. The van der Waals surface area contributed by atoms with Crippen molar-refractivity contribution in [3.05, 3.63) is 35.0 Å². The SMILES string of the molecule is Cc1cc(C(=O)O)nc(Sc2cccs2)n1. The molecule has 4 nitrogen and oxygen atoms in total. The molecule has 0 unspecified atom stereocenters. The van der Waals surface area contributed by atoms with Gasteiger partial charge in [-0.05, 0) is 36.2 Å². The highest BCUT2D eigenvalue weighted by Gasteiger charge is 2.09. The van der Waals surface area contributed by atoms with Crippen molar-refractivity contribution in [2.24, 2.45) is 0 Å². The number of thiophene rings is 1. The summed E-state index contributed by atoms with van der Waals surface area (Å²) in [5, 5.41) is 11.3. The van der Waals surface area contributed by atoms with Gasteiger partial charge in [0.15, 0.2) is 10.9 Å². The van der Waals surface area contributed by atoms with Crippen molar-refractivity contribution in [2.75, 3.05) is 0 Å². The van der Waals surface area contributed by atoms with Gasteiger partial charge < -0.3 is 5.11 Å². The van der Waals surface area contributed by atoms with Crippen molar-refractivity contribution < 1.29 is 9.90 Å². The monoisotopic (exact) mass is 252 g/mol. The van der Waals surface area contributed by atoms with E-state index in [1.807, 2.05) is 17.5 Å². The second-order valence-corrected chi connectivity index (χ2v) is 5.23. The Kier molecular flexibility index (Phi) is 3.21. The van der Waals surface area contributed by atoms with Gasteiger partial charge in [0.25, 0.3) is 0 Å². The van der Waals surface area contributed by atoms with Gasteiger partial charge in [0.05, 0.1) is 4.21 Å². The molecule has 0 atom stereocenters. The Morgan fingerprint density at radius 2 is 2.31 bits per heavy atom. The van der Waals surface area contributed by atoms with Crippen molar-refractivity contribution in [3.63, 3.8) is 0 Å². The molecule has 2 aromatic heterocycles. The number of rotatable bonds is 3. The third-order valence-corrected chi connectivity index (χ3v) is 3.64. The molecule has 0 aromatic carbocycles. The van der Waals surface area contributed by atoms with Crippen LogP contribution in [0.5, 0.6) is 0 Å². The van der Waals surface area contributed by atoms with Crippen molar-refractivity contribution in [1.29, 1.82) is 0 Å². The van der Waals surface area contributed by atoms with E-state index in [-0.39, 0.29) is 5.69 Å². The highest BCUT2D eigenvalue weighted by molar-refractivity contribution is 8.01.